The molecule has 1 rings (SSSR count). The molecule has 6 heteroatoms. The lowest BCUT2D eigenvalue weighted by Crippen LogP contribution is -2.43. The van der Waals surface area contributed by atoms with Crippen molar-refractivity contribution in [3.05, 3.63) is 0 Å². The first-order valence-electron chi connectivity index (χ1n) is 9.28. The summed E-state index contributed by atoms with van der Waals surface area (Å²) in [6.07, 6.45) is 7.47. The number of rotatable bonds is 10. The lowest BCUT2D eigenvalue weighted by Gasteiger charge is -2.29. The van der Waals surface area contributed by atoms with Gasteiger partial charge in [-0.25, -0.2) is 0 Å². The van der Waals surface area contributed by atoms with Gasteiger partial charge in [-0.15, -0.1) is 0 Å². The number of guanidine groups is 1. The van der Waals surface area contributed by atoms with Crippen LogP contribution in [0.25, 0.3) is 0 Å². The molecule has 1 saturated carbocycles. The molecule has 0 radical (unpaired) electrons. The molecule has 1 aliphatic rings. The Morgan fingerprint density at radius 3 is 2.46 bits per heavy atom. The standard InChI is InChI=1S/C18H36N4O2/c1-5-19-17(20-13-9-6-10-14-24-4)21-15-18(11-7-8-12-18)16(23)22(2)3/h5-15H2,1-4H3,(H2,19,20,21). The molecule has 2 N–H and O–H groups in total. The van der Waals surface area contributed by atoms with Crippen LogP contribution in [0.4, 0.5) is 0 Å². The summed E-state index contributed by atoms with van der Waals surface area (Å²) in [5.74, 6) is 1.04. The second-order valence-electron chi connectivity index (χ2n) is 6.86. The largest absolute Gasteiger partial charge is 0.385 e. The number of amides is 1. The van der Waals surface area contributed by atoms with Gasteiger partial charge in [0.2, 0.25) is 5.91 Å². The van der Waals surface area contributed by atoms with Gasteiger partial charge in [0.15, 0.2) is 5.96 Å². The van der Waals surface area contributed by atoms with Crippen molar-refractivity contribution < 1.29 is 9.53 Å². The fourth-order valence-electron chi connectivity index (χ4n) is 3.29. The van der Waals surface area contributed by atoms with Gasteiger partial charge in [0.1, 0.15) is 0 Å². The molecule has 0 heterocycles. The smallest absolute Gasteiger partial charge is 0.230 e. The average molecular weight is 341 g/mol. The van der Waals surface area contributed by atoms with Crippen LogP contribution in [0.3, 0.4) is 0 Å². The van der Waals surface area contributed by atoms with Gasteiger partial charge in [-0.2, -0.15) is 0 Å². The molecule has 0 aromatic heterocycles. The fraction of sp³-hybridized carbons (Fsp3) is 0.889. The van der Waals surface area contributed by atoms with E-state index in [1.54, 1.807) is 12.0 Å². The summed E-state index contributed by atoms with van der Waals surface area (Å²) in [5.41, 5.74) is -0.301. The molecular formula is C18H36N4O2. The normalized spacial score (nSPS) is 16.9. The van der Waals surface area contributed by atoms with Crippen molar-refractivity contribution in [2.75, 3.05) is 47.4 Å². The van der Waals surface area contributed by atoms with Gasteiger partial charge in [-0.05, 0) is 39.0 Å². The Kier molecular flexibility index (Phi) is 9.76. The zero-order valence-corrected chi connectivity index (χ0v) is 16.0. The topological polar surface area (TPSA) is 66.0 Å². The highest BCUT2D eigenvalue weighted by Gasteiger charge is 2.41. The molecule has 140 valence electrons. The number of aliphatic imine (C=N–C) groups is 1. The van der Waals surface area contributed by atoms with Gasteiger partial charge in [0.25, 0.3) is 0 Å². The van der Waals surface area contributed by atoms with Crippen LogP contribution in [-0.2, 0) is 9.53 Å². The number of nitrogens with zero attached hydrogens (tertiary/aromatic N) is 2. The number of unbranched alkanes of at least 4 members (excludes halogenated alkanes) is 2. The summed E-state index contributed by atoms with van der Waals surface area (Å²) in [5, 5.41) is 6.66. The quantitative estimate of drug-likeness (QED) is 0.363. The van der Waals surface area contributed by atoms with E-state index in [1.165, 1.54) is 0 Å². The monoisotopic (exact) mass is 340 g/mol. The second kappa shape index (κ2) is 11.3. The van der Waals surface area contributed by atoms with Crippen LogP contribution in [0.5, 0.6) is 0 Å². The van der Waals surface area contributed by atoms with Gasteiger partial charge < -0.3 is 20.3 Å². The van der Waals surface area contributed by atoms with Crippen LogP contribution in [-0.4, -0.2) is 64.2 Å². The summed E-state index contributed by atoms with van der Waals surface area (Å²) >= 11 is 0. The molecule has 0 aromatic rings. The second-order valence-corrected chi connectivity index (χ2v) is 6.86. The third-order valence-electron chi connectivity index (χ3n) is 4.62. The maximum Gasteiger partial charge on any atom is 0.230 e. The molecule has 1 fully saturated rings. The van der Waals surface area contributed by atoms with E-state index in [0.29, 0.717) is 6.54 Å². The molecule has 0 unspecified atom stereocenters. The van der Waals surface area contributed by atoms with E-state index in [9.17, 15) is 4.79 Å². The van der Waals surface area contributed by atoms with Crippen molar-refractivity contribution in [1.82, 2.24) is 15.5 Å². The number of hydrogen-bond donors (Lipinski definition) is 2. The van der Waals surface area contributed by atoms with Crippen LogP contribution in [0, 0.1) is 5.41 Å². The highest BCUT2D eigenvalue weighted by molar-refractivity contribution is 5.84. The zero-order valence-electron chi connectivity index (χ0n) is 16.0. The number of carbonyl (C=O) groups is 1. The number of nitrogens with one attached hydrogen (secondary N) is 2. The molecular weight excluding hydrogens is 304 g/mol. The summed E-state index contributed by atoms with van der Waals surface area (Å²) in [4.78, 5) is 19.0. The number of carbonyl (C=O) groups excluding carboxylic acids is 1. The van der Waals surface area contributed by atoms with Crippen molar-refractivity contribution in [2.45, 2.75) is 51.9 Å². The van der Waals surface area contributed by atoms with Crippen LogP contribution in [0.2, 0.25) is 0 Å². The van der Waals surface area contributed by atoms with Crippen molar-refractivity contribution in [3.63, 3.8) is 0 Å². The van der Waals surface area contributed by atoms with Crippen LogP contribution in [0.15, 0.2) is 4.99 Å². The maximum absolute atomic E-state index is 12.6. The Hall–Kier alpha value is -1.30. The van der Waals surface area contributed by atoms with Gasteiger partial charge in [-0.1, -0.05) is 12.8 Å². The van der Waals surface area contributed by atoms with Gasteiger partial charge in [0, 0.05) is 40.9 Å². The third-order valence-corrected chi connectivity index (χ3v) is 4.62. The Bertz CT molecular complexity index is 390. The van der Waals surface area contributed by atoms with Crippen molar-refractivity contribution in [3.8, 4) is 0 Å². The van der Waals surface area contributed by atoms with Crippen molar-refractivity contribution in [1.29, 1.82) is 0 Å². The van der Waals surface area contributed by atoms with E-state index in [0.717, 1.165) is 70.6 Å². The summed E-state index contributed by atoms with van der Waals surface area (Å²) in [7, 11) is 5.42. The van der Waals surface area contributed by atoms with Gasteiger partial charge >= 0.3 is 0 Å². The average Bonchev–Trinajstić information content (AvgIpc) is 3.05. The Balaban J connectivity index is 2.54. The van der Waals surface area contributed by atoms with E-state index in [2.05, 4.69) is 17.6 Å². The van der Waals surface area contributed by atoms with Gasteiger partial charge in [0.05, 0.1) is 12.0 Å². The minimum absolute atomic E-state index is 0.221. The predicted octanol–water partition coefficient (Wildman–Crippen LogP) is 2.01. The highest BCUT2D eigenvalue weighted by atomic mass is 16.5. The van der Waals surface area contributed by atoms with Gasteiger partial charge in [-0.3, -0.25) is 9.79 Å². The lowest BCUT2D eigenvalue weighted by molar-refractivity contribution is -0.138. The molecule has 24 heavy (non-hydrogen) atoms. The molecule has 0 bridgehead atoms. The maximum atomic E-state index is 12.6. The Morgan fingerprint density at radius 2 is 1.88 bits per heavy atom. The number of methoxy groups -OCH3 is 1. The van der Waals surface area contributed by atoms with E-state index >= 15 is 0 Å². The van der Waals surface area contributed by atoms with Crippen LogP contribution in [0.1, 0.15) is 51.9 Å². The SMILES string of the molecule is CCNC(=NCC1(C(=O)N(C)C)CCCC1)NCCCCCOC. The molecule has 0 spiro atoms. The third kappa shape index (κ3) is 6.67. The zero-order chi connectivity index (χ0) is 17.8. The molecule has 0 atom stereocenters. The molecule has 0 aromatic carbocycles. The molecule has 0 saturated heterocycles. The molecule has 6 nitrogen and oxygen atoms in total. The van der Waals surface area contributed by atoms with E-state index in [1.807, 2.05) is 14.1 Å². The Labute approximate surface area is 147 Å². The first kappa shape index (κ1) is 20.7. The summed E-state index contributed by atoms with van der Waals surface area (Å²) in [6.45, 7) is 5.17. The Morgan fingerprint density at radius 1 is 1.17 bits per heavy atom. The minimum Gasteiger partial charge on any atom is -0.385 e. The van der Waals surface area contributed by atoms with Crippen LogP contribution < -0.4 is 10.6 Å². The van der Waals surface area contributed by atoms with Crippen LogP contribution >= 0.6 is 0 Å². The fourth-order valence-corrected chi connectivity index (χ4v) is 3.29. The van der Waals surface area contributed by atoms with E-state index < -0.39 is 0 Å². The first-order chi connectivity index (χ1) is 11.6. The lowest BCUT2D eigenvalue weighted by atomic mass is 9.85. The minimum atomic E-state index is -0.301. The molecule has 0 aliphatic heterocycles. The number of ether oxygens (including phenoxy) is 1. The van der Waals surface area contributed by atoms with Crippen molar-refractivity contribution in [2.24, 2.45) is 10.4 Å². The highest BCUT2D eigenvalue weighted by Crippen LogP contribution is 2.39. The van der Waals surface area contributed by atoms with E-state index in [4.69, 9.17) is 9.73 Å². The molecule has 1 aliphatic carbocycles. The van der Waals surface area contributed by atoms with Crippen molar-refractivity contribution >= 4 is 11.9 Å². The van der Waals surface area contributed by atoms with E-state index in [-0.39, 0.29) is 11.3 Å². The first-order valence-corrected chi connectivity index (χ1v) is 9.28. The predicted molar refractivity (Wildman–Crippen MR) is 99.3 cm³/mol. The number of hydrogen-bond acceptors (Lipinski definition) is 3. The summed E-state index contributed by atoms with van der Waals surface area (Å²) in [6, 6.07) is 0. The molecule has 1 amide bonds. The summed E-state index contributed by atoms with van der Waals surface area (Å²) < 4.78 is 5.06.